The molecular weight excluding hydrogens is 721 g/mol. The van der Waals surface area contributed by atoms with Crippen LogP contribution in [0.3, 0.4) is 0 Å². The van der Waals surface area contributed by atoms with Gasteiger partial charge in [-0.2, -0.15) is 0 Å². The van der Waals surface area contributed by atoms with Gasteiger partial charge in [-0.15, -0.1) is 0 Å². The van der Waals surface area contributed by atoms with E-state index < -0.39 is 6.10 Å². The summed E-state index contributed by atoms with van der Waals surface area (Å²) in [5.41, 5.74) is 0. The summed E-state index contributed by atoms with van der Waals surface area (Å²) in [5.74, 6) is 0.0498. The predicted octanol–water partition coefficient (Wildman–Crippen LogP) is 16.7. The van der Waals surface area contributed by atoms with Gasteiger partial charge in [0, 0.05) is 19.3 Å². The molecule has 0 N–H and O–H groups in total. The molecule has 0 heterocycles. The van der Waals surface area contributed by atoms with E-state index in [1.165, 1.54) is 186 Å². The zero-order valence-electron chi connectivity index (χ0n) is 39.5. The van der Waals surface area contributed by atoms with Crippen LogP contribution in [0, 0.1) is 5.92 Å². The molecule has 0 spiro atoms. The van der Waals surface area contributed by atoms with Crippen molar-refractivity contribution in [3.8, 4) is 0 Å². The van der Waals surface area contributed by atoms with Gasteiger partial charge in [-0.1, -0.05) is 252 Å². The highest BCUT2D eigenvalue weighted by molar-refractivity contribution is 5.71. The van der Waals surface area contributed by atoms with Crippen LogP contribution >= 0.6 is 0 Å². The van der Waals surface area contributed by atoms with E-state index in [-0.39, 0.29) is 31.1 Å². The molecule has 0 aliphatic carbocycles. The van der Waals surface area contributed by atoms with Crippen LogP contribution in [0.4, 0.5) is 0 Å². The minimum absolute atomic E-state index is 0.0628. The normalized spacial score (nSPS) is 12.4. The third kappa shape index (κ3) is 44.0. The molecule has 6 nitrogen and oxygen atoms in total. The number of unbranched alkanes of at least 4 members (excludes halogenated alkanes) is 33. The summed E-state index contributed by atoms with van der Waals surface area (Å²) < 4.78 is 16.8. The Kier molecular flexibility index (Phi) is 45.2. The maximum atomic E-state index is 12.7. The zero-order valence-corrected chi connectivity index (χ0v) is 39.5. The van der Waals surface area contributed by atoms with Crippen LogP contribution in [0.1, 0.15) is 291 Å². The van der Waals surface area contributed by atoms with E-state index in [9.17, 15) is 14.4 Å². The summed E-state index contributed by atoms with van der Waals surface area (Å²) in [5, 5.41) is 0. The van der Waals surface area contributed by atoms with Gasteiger partial charge in [0.2, 0.25) is 0 Å². The Labute approximate surface area is 361 Å². The third-order valence-corrected chi connectivity index (χ3v) is 12.2. The number of carbonyl (C=O) groups excluding carboxylic acids is 3. The van der Waals surface area contributed by atoms with E-state index in [2.05, 4.69) is 27.7 Å². The second-order valence-electron chi connectivity index (χ2n) is 18.1. The number of rotatable bonds is 47. The first-order chi connectivity index (χ1) is 28.4. The lowest BCUT2D eigenvalue weighted by atomic mass is 9.99. The second-order valence-corrected chi connectivity index (χ2v) is 18.1. The van der Waals surface area contributed by atoms with Gasteiger partial charge in [-0.3, -0.25) is 14.4 Å². The fraction of sp³-hybridized carbons (Fsp3) is 0.942. The summed E-state index contributed by atoms with van der Waals surface area (Å²) in [6.07, 6.45) is 47.9. The van der Waals surface area contributed by atoms with Crippen molar-refractivity contribution < 1.29 is 28.6 Å². The second kappa shape index (κ2) is 46.5. The fourth-order valence-corrected chi connectivity index (χ4v) is 7.83. The smallest absolute Gasteiger partial charge is 0.306 e. The van der Waals surface area contributed by atoms with Crippen molar-refractivity contribution in [1.29, 1.82) is 0 Å². The average Bonchev–Trinajstić information content (AvgIpc) is 3.22. The lowest BCUT2D eigenvalue weighted by Crippen LogP contribution is -2.30. The highest BCUT2D eigenvalue weighted by Gasteiger charge is 2.19. The van der Waals surface area contributed by atoms with Crippen molar-refractivity contribution in [2.75, 3.05) is 13.2 Å². The lowest BCUT2D eigenvalue weighted by molar-refractivity contribution is -0.167. The van der Waals surface area contributed by atoms with Gasteiger partial charge in [0.25, 0.3) is 0 Å². The van der Waals surface area contributed by atoms with Gasteiger partial charge in [-0.25, -0.2) is 0 Å². The molecule has 0 saturated heterocycles. The molecule has 6 heteroatoms. The Hall–Kier alpha value is -1.59. The number of hydrogen-bond acceptors (Lipinski definition) is 6. The summed E-state index contributed by atoms with van der Waals surface area (Å²) in [7, 11) is 0. The summed E-state index contributed by atoms with van der Waals surface area (Å²) in [6, 6.07) is 0. The largest absolute Gasteiger partial charge is 0.462 e. The highest BCUT2D eigenvalue weighted by Crippen LogP contribution is 2.18. The van der Waals surface area contributed by atoms with E-state index in [1.54, 1.807) is 0 Å². The van der Waals surface area contributed by atoms with E-state index >= 15 is 0 Å². The quantitative estimate of drug-likeness (QED) is 0.0346. The zero-order chi connectivity index (χ0) is 42.4. The number of hydrogen-bond donors (Lipinski definition) is 0. The van der Waals surface area contributed by atoms with Crippen LogP contribution in [-0.4, -0.2) is 37.2 Å². The van der Waals surface area contributed by atoms with Crippen LogP contribution in [0.25, 0.3) is 0 Å². The van der Waals surface area contributed by atoms with Crippen LogP contribution in [-0.2, 0) is 28.6 Å². The van der Waals surface area contributed by atoms with Crippen molar-refractivity contribution in [2.45, 2.75) is 297 Å². The van der Waals surface area contributed by atoms with Crippen molar-refractivity contribution in [3.05, 3.63) is 0 Å². The Bertz CT molecular complexity index is 874. The maximum Gasteiger partial charge on any atom is 0.306 e. The molecule has 0 fully saturated rings. The average molecular weight is 821 g/mol. The van der Waals surface area contributed by atoms with Crippen molar-refractivity contribution in [3.63, 3.8) is 0 Å². The van der Waals surface area contributed by atoms with Crippen LogP contribution in [0.5, 0.6) is 0 Å². The van der Waals surface area contributed by atoms with E-state index in [4.69, 9.17) is 14.2 Å². The van der Waals surface area contributed by atoms with Crippen molar-refractivity contribution in [1.82, 2.24) is 0 Å². The monoisotopic (exact) mass is 821 g/mol. The molecule has 344 valence electrons. The van der Waals surface area contributed by atoms with Gasteiger partial charge in [0.15, 0.2) is 6.10 Å². The van der Waals surface area contributed by atoms with Gasteiger partial charge in [0.1, 0.15) is 13.2 Å². The molecule has 0 saturated carbocycles. The molecule has 0 aliphatic heterocycles. The van der Waals surface area contributed by atoms with Gasteiger partial charge < -0.3 is 14.2 Å². The van der Waals surface area contributed by atoms with Crippen LogP contribution in [0.15, 0.2) is 0 Å². The van der Waals surface area contributed by atoms with Gasteiger partial charge in [0.05, 0.1) is 0 Å². The Morgan fingerprint density at radius 2 is 0.603 bits per heavy atom. The highest BCUT2D eigenvalue weighted by atomic mass is 16.6. The minimum atomic E-state index is -0.759. The van der Waals surface area contributed by atoms with E-state index in [1.807, 2.05) is 0 Å². The summed E-state index contributed by atoms with van der Waals surface area (Å²) in [6.45, 7) is 9.05. The molecule has 0 aromatic heterocycles. The predicted molar refractivity (Wildman–Crippen MR) is 247 cm³/mol. The van der Waals surface area contributed by atoms with Crippen molar-refractivity contribution in [2.24, 2.45) is 5.92 Å². The number of carbonyl (C=O) groups is 3. The Morgan fingerprint density at radius 3 is 0.897 bits per heavy atom. The van der Waals surface area contributed by atoms with Crippen molar-refractivity contribution >= 4 is 17.9 Å². The third-order valence-electron chi connectivity index (χ3n) is 12.2. The van der Waals surface area contributed by atoms with Gasteiger partial charge >= 0.3 is 17.9 Å². The minimum Gasteiger partial charge on any atom is -0.462 e. The number of ether oxygens (including phenoxy) is 3. The Morgan fingerprint density at radius 1 is 0.345 bits per heavy atom. The SMILES string of the molecule is CCCCCCCCCCCCCCC(=O)OC[C@H](COC(=O)CCCCCCCCCCCCCCCCC(C)CC)OC(=O)CCCCCCCCCCCC. The summed E-state index contributed by atoms with van der Waals surface area (Å²) >= 11 is 0. The Balaban J connectivity index is 4.24. The van der Waals surface area contributed by atoms with E-state index in [0.29, 0.717) is 19.3 Å². The lowest BCUT2D eigenvalue weighted by Gasteiger charge is -2.18. The van der Waals surface area contributed by atoms with E-state index in [0.717, 1.165) is 63.7 Å². The first kappa shape index (κ1) is 56.4. The molecule has 0 rings (SSSR count). The molecule has 0 radical (unpaired) electrons. The number of esters is 3. The molecule has 0 aromatic carbocycles. The van der Waals surface area contributed by atoms with Crippen LogP contribution < -0.4 is 0 Å². The molecule has 2 atom stereocenters. The molecule has 0 amide bonds. The first-order valence-electron chi connectivity index (χ1n) is 25.9. The standard InChI is InChI=1S/C52H100O6/c1-5-8-10-12-14-16-18-24-28-31-35-39-43-50(53)56-46-49(58-52(55)45-41-37-33-27-17-15-13-11-9-6-2)47-57-51(54)44-40-36-32-29-25-22-20-19-21-23-26-30-34-38-42-48(4)7-3/h48-49H,5-47H2,1-4H3/t48?,49-/m1/s1. The summed E-state index contributed by atoms with van der Waals surface area (Å²) in [4.78, 5) is 37.9. The molecule has 0 bridgehead atoms. The van der Waals surface area contributed by atoms with Crippen LogP contribution in [0.2, 0.25) is 0 Å². The topological polar surface area (TPSA) is 78.9 Å². The molecule has 0 aromatic rings. The molecule has 1 unspecified atom stereocenters. The molecular formula is C52H100O6. The molecule has 58 heavy (non-hydrogen) atoms. The van der Waals surface area contributed by atoms with Gasteiger partial charge in [-0.05, 0) is 25.2 Å². The fourth-order valence-electron chi connectivity index (χ4n) is 7.83. The maximum absolute atomic E-state index is 12.7. The molecule has 0 aliphatic rings. The first-order valence-corrected chi connectivity index (χ1v) is 25.9.